The Morgan fingerprint density at radius 2 is 2.00 bits per heavy atom. The number of carboxylic acids is 1. The van der Waals surface area contributed by atoms with Gasteiger partial charge in [-0.2, -0.15) is 5.26 Å². The number of carboxylic acid groups (broad SMARTS) is 1. The third-order valence-electron chi connectivity index (χ3n) is 0.830. The van der Waals surface area contributed by atoms with E-state index in [1.807, 2.05) is 0 Å². The molecule has 78 valence electrons. The Bertz CT molecular complexity index is 359. The van der Waals surface area contributed by atoms with Crippen molar-refractivity contribution in [2.75, 3.05) is 0 Å². The van der Waals surface area contributed by atoms with Crippen LogP contribution in [0.5, 0.6) is 0 Å². The van der Waals surface area contributed by atoms with Crippen molar-refractivity contribution in [2.45, 2.75) is 0 Å². The largest absolute Gasteiger partial charge is 0.477 e. The minimum atomic E-state index is -1.30. The smallest absolute Gasteiger partial charge is 0.347 e. The van der Waals surface area contributed by atoms with E-state index in [-0.39, 0.29) is 0 Å². The molecule has 0 unspecified atom stereocenters. The highest BCUT2D eigenvalue weighted by Gasteiger charge is 2.01. The Morgan fingerprint density at radius 1 is 1.47 bits per heavy atom. The van der Waals surface area contributed by atoms with Crippen LogP contribution in [0, 0.1) is 22.8 Å². The topological polar surface area (TPSA) is 137 Å². The number of aliphatic carboxylic acids is 1. The molecule has 0 bridgehead atoms. The van der Waals surface area contributed by atoms with E-state index >= 15 is 0 Å². The molecule has 0 aromatic heterocycles. The summed E-state index contributed by atoms with van der Waals surface area (Å²) in [6.07, 6.45) is 2.87. The molecular weight excluding hydrogens is 202 g/mol. The van der Waals surface area contributed by atoms with Gasteiger partial charge in [-0.25, -0.2) is 9.59 Å². The zero-order valence-electron chi connectivity index (χ0n) is 7.51. The summed E-state index contributed by atoms with van der Waals surface area (Å²) in [7, 11) is 0. The van der Waals surface area contributed by atoms with Gasteiger partial charge in [0.1, 0.15) is 6.07 Å². The van der Waals surface area contributed by atoms with Crippen LogP contribution in [0.2, 0.25) is 0 Å². The van der Waals surface area contributed by atoms with Crippen molar-refractivity contribution >= 4 is 11.9 Å². The van der Waals surface area contributed by atoms with Gasteiger partial charge >= 0.3 is 11.9 Å². The van der Waals surface area contributed by atoms with Crippen LogP contribution >= 0.6 is 0 Å². The maximum Gasteiger partial charge on any atom is 0.347 e. The van der Waals surface area contributed by atoms with Gasteiger partial charge in [-0.1, -0.05) is 6.58 Å². The van der Waals surface area contributed by atoms with Crippen molar-refractivity contribution in [1.29, 1.82) is 10.5 Å². The summed E-state index contributed by atoms with van der Waals surface area (Å²) < 4.78 is 3.74. The number of carbonyl (C=O) groups excluding carboxylic acids is 1. The molecule has 0 spiro atoms. The molecule has 0 saturated carbocycles. The summed E-state index contributed by atoms with van der Waals surface area (Å²) >= 11 is 0. The van der Waals surface area contributed by atoms with Crippen molar-refractivity contribution in [3.63, 3.8) is 0 Å². The first-order valence-electron chi connectivity index (χ1n) is 3.31. The number of carbonyl (C=O) groups is 2. The number of nitriles is 2. The summed E-state index contributed by atoms with van der Waals surface area (Å²) in [6, 6.07) is 1.39. The fourth-order valence-corrected chi connectivity index (χ4v) is 0.243. The van der Waals surface area contributed by atoms with E-state index in [0.717, 1.165) is 12.3 Å². The normalized spacial score (nSPS) is 8.27. The number of nitrogens with zero attached hydrogens (tertiary/aromatic N) is 2. The van der Waals surface area contributed by atoms with Crippen LogP contribution in [0.25, 0.3) is 0 Å². The molecule has 0 fully saturated rings. The number of hydrogen-bond donors (Lipinski definition) is 2. The fraction of sp³-hybridized carbons (Fsp3) is 0. The number of ether oxygens (including phenoxy) is 1. The first-order valence-corrected chi connectivity index (χ1v) is 3.31. The average molecular weight is 209 g/mol. The number of esters is 1. The minimum Gasteiger partial charge on any atom is -0.477 e. The molecule has 0 heterocycles. The molecule has 0 aliphatic heterocycles. The molecule has 15 heavy (non-hydrogen) atoms. The van der Waals surface area contributed by atoms with Gasteiger partial charge < -0.3 is 15.6 Å². The molecule has 0 radical (unpaired) electrons. The van der Waals surface area contributed by atoms with E-state index in [4.69, 9.17) is 21.4 Å². The van der Waals surface area contributed by atoms with Crippen LogP contribution in [0.15, 0.2) is 24.4 Å². The molecule has 7 nitrogen and oxygen atoms in total. The first kappa shape index (κ1) is 14.7. The Morgan fingerprint density at radius 3 is 2.07 bits per heavy atom. The van der Waals surface area contributed by atoms with Gasteiger partial charge in [0.15, 0.2) is 5.57 Å². The van der Waals surface area contributed by atoms with Crippen LogP contribution in [0.1, 0.15) is 0 Å². The first-order chi connectivity index (χ1) is 7.03. The highest BCUT2D eigenvalue weighted by Crippen LogP contribution is 1.85. The molecule has 0 aromatic rings. The second kappa shape index (κ2) is 9.29. The van der Waals surface area contributed by atoms with E-state index in [0.29, 0.717) is 0 Å². The lowest BCUT2D eigenvalue weighted by Crippen LogP contribution is -1.99. The summed E-state index contributed by atoms with van der Waals surface area (Å²) in [5.41, 5.74) is 4.28. The zero-order valence-corrected chi connectivity index (χ0v) is 7.51. The van der Waals surface area contributed by atoms with E-state index in [1.165, 1.54) is 12.3 Å². The third kappa shape index (κ3) is 9.11. The van der Waals surface area contributed by atoms with E-state index in [9.17, 15) is 9.59 Å². The second-order valence-electron chi connectivity index (χ2n) is 1.71. The zero-order chi connectivity index (χ0) is 12.3. The van der Waals surface area contributed by atoms with Crippen LogP contribution < -0.4 is 5.73 Å². The number of hydrogen-bond acceptors (Lipinski definition) is 6. The predicted octanol–water partition coefficient (Wildman–Crippen LogP) is -0.366. The maximum absolute atomic E-state index is 9.85. The highest BCUT2D eigenvalue weighted by atomic mass is 16.5. The van der Waals surface area contributed by atoms with E-state index in [1.54, 1.807) is 0 Å². The predicted molar refractivity (Wildman–Crippen MR) is 47.4 cm³/mol. The van der Waals surface area contributed by atoms with Crippen LogP contribution in [0.3, 0.4) is 0 Å². The second-order valence-corrected chi connectivity index (χ2v) is 1.71. The Hall–Kier alpha value is -2.80. The van der Waals surface area contributed by atoms with Crippen LogP contribution in [0.4, 0.5) is 0 Å². The molecule has 3 N–H and O–H groups in total. The van der Waals surface area contributed by atoms with Gasteiger partial charge in [-0.3, -0.25) is 0 Å². The van der Waals surface area contributed by atoms with Gasteiger partial charge in [0.25, 0.3) is 6.26 Å². The lowest BCUT2D eigenvalue weighted by atomic mass is 10.3. The molecule has 0 saturated heterocycles. The molecule has 0 aliphatic carbocycles. The summed E-state index contributed by atoms with van der Waals surface area (Å²) in [6.45, 7) is 3.05. The Kier molecular flexibility index (Phi) is 9.11. The minimum absolute atomic E-state index is 0.440. The monoisotopic (exact) mass is 209 g/mol. The van der Waals surface area contributed by atoms with E-state index < -0.39 is 17.5 Å². The molecular formula is C8H7N3O4. The summed E-state index contributed by atoms with van der Waals surface area (Å²) in [4.78, 5) is 19.6. The lowest BCUT2D eigenvalue weighted by Gasteiger charge is -1.81. The standard InChI is InChI=1S/C4H4N2O2.C4H3NO2/c5-1-3(2-6)4(7)8;1-2-4(6)7-3-5/h1H,5H2,(H,7,8);2H,1H2. The maximum atomic E-state index is 9.85. The molecule has 0 amide bonds. The average Bonchev–Trinajstić information content (AvgIpc) is 2.20. The van der Waals surface area contributed by atoms with Gasteiger partial charge in [0, 0.05) is 12.3 Å². The fourth-order valence-electron chi connectivity index (χ4n) is 0.243. The van der Waals surface area contributed by atoms with Crippen molar-refractivity contribution < 1.29 is 19.4 Å². The van der Waals surface area contributed by atoms with Crippen molar-refractivity contribution in [2.24, 2.45) is 5.73 Å². The number of nitrogens with two attached hydrogens (primary N) is 1. The van der Waals surface area contributed by atoms with Crippen LogP contribution in [-0.2, 0) is 14.3 Å². The molecule has 0 atom stereocenters. The molecule has 0 aromatic carbocycles. The molecule has 0 rings (SSSR count). The Labute approximate surface area is 85.3 Å². The molecule has 0 aliphatic rings. The van der Waals surface area contributed by atoms with Gasteiger partial charge in [0.05, 0.1) is 0 Å². The third-order valence-corrected chi connectivity index (χ3v) is 0.830. The van der Waals surface area contributed by atoms with Gasteiger partial charge in [0.2, 0.25) is 0 Å². The van der Waals surface area contributed by atoms with Crippen molar-refractivity contribution in [1.82, 2.24) is 0 Å². The van der Waals surface area contributed by atoms with Gasteiger partial charge in [-0.05, 0) is 0 Å². The van der Waals surface area contributed by atoms with Crippen molar-refractivity contribution in [3.8, 4) is 12.3 Å². The van der Waals surface area contributed by atoms with Gasteiger partial charge in [-0.15, -0.1) is 5.26 Å². The quantitative estimate of drug-likeness (QED) is 0.274. The summed E-state index contributed by atoms with van der Waals surface area (Å²) in [5, 5.41) is 23.5. The SMILES string of the molecule is C=CC(=O)OC#N.N#CC(=CN)C(=O)O. The highest BCUT2D eigenvalue weighted by molar-refractivity contribution is 5.90. The molecule has 7 heteroatoms. The van der Waals surface area contributed by atoms with E-state index in [2.05, 4.69) is 11.3 Å². The van der Waals surface area contributed by atoms with Crippen molar-refractivity contribution in [3.05, 3.63) is 24.4 Å². The Balaban J connectivity index is 0. The summed E-state index contributed by atoms with van der Waals surface area (Å²) in [5.74, 6) is -2.02. The number of rotatable bonds is 2. The van der Waals surface area contributed by atoms with Crippen LogP contribution in [-0.4, -0.2) is 17.0 Å². The lowest BCUT2D eigenvalue weighted by molar-refractivity contribution is -0.132.